The van der Waals surface area contributed by atoms with Gasteiger partial charge in [-0.05, 0) is 105 Å². The second-order valence-corrected chi connectivity index (χ2v) is 14.8. The highest BCUT2D eigenvalue weighted by Crippen LogP contribution is 2.44. The van der Waals surface area contributed by atoms with Crippen molar-refractivity contribution in [3.8, 4) is 33.5 Å². The first-order chi connectivity index (χ1) is 27.8. The Morgan fingerprint density at radius 2 is 0.786 bits per heavy atom. The number of benzene rings is 9. The molecule has 2 heteroatoms. The summed E-state index contributed by atoms with van der Waals surface area (Å²) in [5.41, 5.74) is 8.77. The van der Waals surface area contributed by atoms with E-state index in [2.05, 4.69) is 182 Å². The number of rotatable bonds is 3. The Morgan fingerprint density at radius 3 is 1.50 bits per heavy atom. The lowest BCUT2D eigenvalue weighted by Crippen LogP contribution is -1.91. The highest BCUT2D eigenvalue weighted by molar-refractivity contribution is 6.34. The molecule has 12 rings (SSSR count). The molecule has 0 fully saturated rings. The SMILES string of the molecule is c1cnc2c(c1)ccc1ccc(-c3ccc(-c4ccc(-c5cc6cccc7c8ccccc8c8ccccc8c8cccc5c8c67)cc4)c4ccccc34)nc12. The van der Waals surface area contributed by atoms with Gasteiger partial charge in [0.25, 0.3) is 0 Å². The van der Waals surface area contributed by atoms with Crippen LogP contribution in [0.1, 0.15) is 0 Å². The van der Waals surface area contributed by atoms with Crippen LogP contribution in [0.3, 0.4) is 0 Å². The van der Waals surface area contributed by atoms with Gasteiger partial charge in [-0.15, -0.1) is 0 Å². The Balaban J connectivity index is 1.03. The van der Waals surface area contributed by atoms with E-state index < -0.39 is 0 Å². The average molecular weight is 709 g/mol. The van der Waals surface area contributed by atoms with Crippen LogP contribution in [0.4, 0.5) is 0 Å². The molecule has 0 spiro atoms. The van der Waals surface area contributed by atoms with E-state index in [9.17, 15) is 0 Å². The highest BCUT2D eigenvalue weighted by atomic mass is 14.8. The first kappa shape index (κ1) is 31.0. The lowest BCUT2D eigenvalue weighted by atomic mass is 9.86. The third-order valence-corrected chi connectivity index (χ3v) is 11.9. The molecule has 0 bridgehead atoms. The van der Waals surface area contributed by atoms with Gasteiger partial charge in [0.05, 0.1) is 16.7 Å². The Kier molecular flexibility index (Phi) is 6.66. The molecule has 0 aliphatic heterocycles. The summed E-state index contributed by atoms with van der Waals surface area (Å²) in [7, 11) is 0. The molecule has 0 N–H and O–H groups in total. The molecular weight excluding hydrogens is 677 g/mol. The summed E-state index contributed by atoms with van der Waals surface area (Å²) in [5.74, 6) is 0. The quantitative estimate of drug-likeness (QED) is 0.171. The van der Waals surface area contributed by atoms with E-state index in [0.29, 0.717) is 0 Å². The Morgan fingerprint density at radius 1 is 0.286 bits per heavy atom. The van der Waals surface area contributed by atoms with Crippen LogP contribution in [0.5, 0.6) is 0 Å². The van der Waals surface area contributed by atoms with Crippen molar-refractivity contribution in [3.63, 3.8) is 0 Å². The molecule has 0 unspecified atom stereocenters. The number of hydrogen-bond donors (Lipinski definition) is 0. The lowest BCUT2D eigenvalue weighted by molar-refractivity contribution is 1.37. The van der Waals surface area contributed by atoms with Crippen molar-refractivity contribution in [1.82, 2.24) is 9.97 Å². The molecule has 0 aliphatic rings. The summed E-state index contributed by atoms with van der Waals surface area (Å²) < 4.78 is 0. The Hall–Kier alpha value is -7.42. The fourth-order valence-corrected chi connectivity index (χ4v) is 9.32. The van der Waals surface area contributed by atoms with Gasteiger partial charge in [-0.3, -0.25) is 4.98 Å². The number of hydrogen-bond acceptors (Lipinski definition) is 2. The van der Waals surface area contributed by atoms with Gasteiger partial charge in [0.15, 0.2) is 0 Å². The summed E-state index contributed by atoms with van der Waals surface area (Å²) in [4.78, 5) is 9.90. The largest absolute Gasteiger partial charge is 0.254 e. The van der Waals surface area contributed by atoms with Crippen LogP contribution in [-0.2, 0) is 0 Å². The number of pyridine rings is 2. The van der Waals surface area contributed by atoms with Crippen molar-refractivity contribution in [1.29, 1.82) is 0 Å². The first-order valence-electron chi connectivity index (χ1n) is 19.2. The smallest absolute Gasteiger partial charge is 0.0972 e. The summed E-state index contributed by atoms with van der Waals surface area (Å²) in [6, 6.07) is 68.8. The van der Waals surface area contributed by atoms with Gasteiger partial charge in [0.2, 0.25) is 0 Å². The normalized spacial score (nSPS) is 11.9. The molecule has 0 radical (unpaired) electrons. The predicted octanol–water partition coefficient (Wildman–Crippen LogP) is 14.7. The lowest BCUT2D eigenvalue weighted by Gasteiger charge is -2.17. The predicted molar refractivity (Wildman–Crippen MR) is 238 cm³/mol. The maximum Gasteiger partial charge on any atom is 0.0972 e. The minimum atomic E-state index is 0.931. The van der Waals surface area contributed by atoms with Gasteiger partial charge in [-0.1, -0.05) is 170 Å². The summed E-state index contributed by atoms with van der Waals surface area (Å²) in [6.45, 7) is 0. The summed E-state index contributed by atoms with van der Waals surface area (Å²) in [6.07, 6.45) is 1.85. The van der Waals surface area contributed by atoms with Crippen molar-refractivity contribution >= 4 is 86.4 Å². The molecule has 0 atom stereocenters. The molecule has 0 amide bonds. The maximum atomic E-state index is 5.21. The monoisotopic (exact) mass is 708 g/mol. The Labute approximate surface area is 322 Å². The molecule has 10 aromatic carbocycles. The van der Waals surface area contributed by atoms with Crippen LogP contribution in [0.25, 0.3) is 120 Å². The number of aromatic nitrogens is 2. The Bertz CT molecular complexity index is 3580. The molecule has 2 aromatic heterocycles. The van der Waals surface area contributed by atoms with E-state index in [1.54, 1.807) is 0 Å². The second kappa shape index (κ2) is 12.0. The molecule has 2 heterocycles. The molecular formula is C54H32N2. The van der Waals surface area contributed by atoms with Gasteiger partial charge in [0, 0.05) is 22.5 Å². The van der Waals surface area contributed by atoms with E-state index >= 15 is 0 Å². The van der Waals surface area contributed by atoms with Crippen LogP contribution < -0.4 is 0 Å². The molecule has 0 saturated heterocycles. The van der Waals surface area contributed by atoms with E-state index in [1.807, 2.05) is 12.3 Å². The highest BCUT2D eigenvalue weighted by Gasteiger charge is 2.17. The number of nitrogens with zero attached hydrogens (tertiary/aromatic N) is 2. The minimum absolute atomic E-state index is 0.931. The van der Waals surface area contributed by atoms with E-state index in [0.717, 1.165) is 33.1 Å². The third kappa shape index (κ3) is 4.57. The molecule has 258 valence electrons. The van der Waals surface area contributed by atoms with Gasteiger partial charge in [0.1, 0.15) is 0 Å². The standard InChI is InChI=1S/C54H32N2/c1-4-15-42-39(12-1)38(28-29-45(42)50-30-27-36-26-25-35-11-9-31-55-53(35)54(36)56-50)33-21-23-34(24-22-33)49-32-37-10-7-18-46-43-16-5-2-13-40(43)41-14-3-6-17-44(41)47-19-8-20-48(49)52(47)51(37)46/h1-32H. The van der Waals surface area contributed by atoms with Crippen molar-refractivity contribution in [3.05, 3.63) is 194 Å². The van der Waals surface area contributed by atoms with E-state index in [4.69, 9.17) is 9.97 Å². The fraction of sp³-hybridized carbons (Fsp3) is 0. The fourth-order valence-electron chi connectivity index (χ4n) is 9.32. The molecule has 12 aromatic rings. The topological polar surface area (TPSA) is 25.8 Å². The number of fused-ring (bicyclic) bond motifs is 9. The van der Waals surface area contributed by atoms with Crippen molar-refractivity contribution in [2.75, 3.05) is 0 Å². The van der Waals surface area contributed by atoms with E-state index in [-0.39, 0.29) is 0 Å². The van der Waals surface area contributed by atoms with Crippen molar-refractivity contribution in [2.24, 2.45) is 0 Å². The van der Waals surface area contributed by atoms with Gasteiger partial charge >= 0.3 is 0 Å². The summed E-state index contributed by atoms with van der Waals surface area (Å²) in [5, 5.41) is 17.4. The van der Waals surface area contributed by atoms with E-state index in [1.165, 1.54) is 86.9 Å². The van der Waals surface area contributed by atoms with Gasteiger partial charge in [-0.25, -0.2) is 4.98 Å². The second-order valence-electron chi connectivity index (χ2n) is 14.8. The van der Waals surface area contributed by atoms with Crippen molar-refractivity contribution in [2.45, 2.75) is 0 Å². The third-order valence-electron chi connectivity index (χ3n) is 11.9. The molecule has 0 saturated carbocycles. The van der Waals surface area contributed by atoms with Gasteiger partial charge < -0.3 is 0 Å². The molecule has 56 heavy (non-hydrogen) atoms. The van der Waals surface area contributed by atoms with Gasteiger partial charge in [-0.2, -0.15) is 0 Å². The average Bonchev–Trinajstić information content (AvgIpc) is 3.27. The van der Waals surface area contributed by atoms with Crippen LogP contribution in [0.15, 0.2) is 194 Å². The van der Waals surface area contributed by atoms with Crippen LogP contribution in [0, 0.1) is 0 Å². The van der Waals surface area contributed by atoms with Crippen LogP contribution in [0.2, 0.25) is 0 Å². The zero-order valence-electron chi connectivity index (χ0n) is 30.4. The molecule has 2 nitrogen and oxygen atoms in total. The van der Waals surface area contributed by atoms with Crippen LogP contribution in [-0.4, -0.2) is 9.97 Å². The molecule has 0 aliphatic carbocycles. The zero-order chi connectivity index (χ0) is 36.7. The van der Waals surface area contributed by atoms with Crippen LogP contribution >= 0.6 is 0 Å². The first-order valence-corrected chi connectivity index (χ1v) is 19.2. The maximum absolute atomic E-state index is 5.21. The minimum Gasteiger partial charge on any atom is -0.254 e. The zero-order valence-corrected chi connectivity index (χ0v) is 30.4. The van der Waals surface area contributed by atoms with Crippen molar-refractivity contribution < 1.29 is 0 Å². The summed E-state index contributed by atoms with van der Waals surface area (Å²) >= 11 is 0.